The van der Waals surface area contributed by atoms with E-state index in [1.807, 2.05) is 0 Å². The topological polar surface area (TPSA) is 35.6 Å². The second-order valence-electron chi connectivity index (χ2n) is 29.5. The standard InChI is InChI=1S/C84H73BN4/c1-81(2,3)60-33-27-52(28-34-60)56-43-67-65-41-54(50-21-15-13-16-22-50)31-37-72(65)88-74-47-58(77-64-25-19-20-26-71(64)86-80(87-77)59-39-62(83(7,8)9)49-63(40-59)84(10,11)12)48-75-76(74)85(69(45-56)78(67)88)70-46-57(53-29-35-61(36-30-53)82(4,5)6)44-68-66-42-55(51-23-17-14-18-24-51)32-38-73(66)89(75)79(68)70/h13-49H,1-12H3. The Balaban J connectivity index is 1.06. The van der Waals surface area contributed by atoms with Gasteiger partial charge in [-0.1, -0.05) is 241 Å². The first-order valence-electron chi connectivity index (χ1n) is 31.8. The van der Waals surface area contributed by atoms with Crippen LogP contribution in [0.2, 0.25) is 0 Å². The van der Waals surface area contributed by atoms with Crippen molar-refractivity contribution in [3.63, 3.8) is 0 Å². The molecule has 0 radical (unpaired) electrons. The number of nitrogens with zero attached hydrogens (tertiary/aromatic N) is 4. The molecule has 16 rings (SSSR count). The molecule has 0 saturated carbocycles. The molecule has 5 heteroatoms. The first-order valence-corrected chi connectivity index (χ1v) is 31.8. The second kappa shape index (κ2) is 19.5. The van der Waals surface area contributed by atoms with Gasteiger partial charge >= 0.3 is 0 Å². The van der Waals surface area contributed by atoms with Crippen LogP contribution in [-0.2, 0) is 21.7 Å². The van der Waals surface area contributed by atoms with Crippen LogP contribution >= 0.6 is 0 Å². The van der Waals surface area contributed by atoms with Crippen LogP contribution in [0.15, 0.2) is 224 Å². The van der Waals surface area contributed by atoms with Crippen molar-refractivity contribution in [1.82, 2.24) is 19.1 Å². The van der Waals surface area contributed by atoms with E-state index in [9.17, 15) is 0 Å². The van der Waals surface area contributed by atoms with E-state index in [0.29, 0.717) is 0 Å². The molecule has 89 heavy (non-hydrogen) atoms. The summed E-state index contributed by atoms with van der Waals surface area (Å²) in [6.45, 7) is 27.5. The van der Waals surface area contributed by atoms with Crippen LogP contribution in [0.4, 0.5) is 0 Å². The summed E-state index contributed by atoms with van der Waals surface area (Å²) in [6, 6.07) is 85.6. The highest BCUT2D eigenvalue weighted by Crippen LogP contribution is 2.46. The maximum Gasteiger partial charge on any atom is 0.252 e. The Labute approximate surface area is 523 Å². The fourth-order valence-corrected chi connectivity index (χ4v) is 14.5. The highest BCUT2D eigenvalue weighted by Gasteiger charge is 2.42. The molecule has 0 amide bonds. The molecule has 0 aliphatic carbocycles. The maximum atomic E-state index is 5.83. The first-order chi connectivity index (χ1) is 42.6. The average molecular weight is 1150 g/mol. The first kappa shape index (κ1) is 54.8. The molecule has 0 fully saturated rings. The number of para-hydroxylation sites is 1. The summed E-state index contributed by atoms with van der Waals surface area (Å²) in [5, 5.41) is 5.97. The molecule has 4 nitrogen and oxygen atoms in total. The van der Waals surface area contributed by atoms with Gasteiger partial charge in [0, 0.05) is 60.5 Å². The quantitative estimate of drug-likeness (QED) is 0.156. The predicted octanol–water partition coefficient (Wildman–Crippen LogP) is 20.2. The molecule has 11 aromatic carbocycles. The Morgan fingerprint density at radius 1 is 0.292 bits per heavy atom. The minimum Gasteiger partial charge on any atom is -0.310 e. The number of aromatic nitrogens is 4. The minimum absolute atomic E-state index is 0.0212. The zero-order valence-electron chi connectivity index (χ0n) is 53.2. The van der Waals surface area contributed by atoms with E-state index in [2.05, 4.69) is 317 Å². The Morgan fingerprint density at radius 2 is 0.697 bits per heavy atom. The summed E-state index contributed by atoms with van der Waals surface area (Å²) >= 11 is 0. The van der Waals surface area contributed by atoms with Gasteiger partial charge in [-0.15, -0.1) is 0 Å². The van der Waals surface area contributed by atoms with Crippen LogP contribution in [0.5, 0.6) is 0 Å². The highest BCUT2D eigenvalue weighted by molar-refractivity contribution is 7.00. The Kier molecular flexibility index (Phi) is 12.0. The Bertz CT molecular complexity index is 4970. The molecular weight excluding hydrogens is 1080 g/mol. The van der Waals surface area contributed by atoms with Crippen LogP contribution in [-0.4, -0.2) is 25.8 Å². The molecule has 0 atom stereocenters. The van der Waals surface area contributed by atoms with E-state index >= 15 is 0 Å². The van der Waals surface area contributed by atoms with Crippen molar-refractivity contribution >= 4 is 77.6 Å². The maximum absolute atomic E-state index is 5.83. The fraction of sp³-hybridized carbons (Fsp3) is 0.190. The van der Waals surface area contributed by atoms with Gasteiger partial charge in [0.2, 0.25) is 0 Å². The highest BCUT2D eigenvalue weighted by atomic mass is 15.0. The third-order valence-corrected chi connectivity index (χ3v) is 19.5. The lowest BCUT2D eigenvalue weighted by Crippen LogP contribution is -2.59. The van der Waals surface area contributed by atoms with E-state index in [4.69, 9.17) is 9.97 Å². The molecular formula is C84H73BN4. The van der Waals surface area contributed by atoms with Crippen molar-refractivity contribution in [2.45, 2.75) is 105 Å². The van der Waals surface area contributed by atoms with E-state index in [1.165, 1.54) is 138 Å². The lowest BCUT2D eigenvalue weighted by Gasteiger charge is -2.35. The molecule has 5 heterocycles. The van der Waals surface area contributed by atoms with Gasteiger partial charge in [0.15, 0.2) is 5.82 Å². The molecule has 2 aliphatic rings. The van der Waals surface area contributed by atoms with Crippen molar-refractivity contribution in [1.29, 1.82) is 0 Å². The Hall–Kier alpha value is -9.58. The lowest BCUT2D eigenvalue weighted by molar-refractivity contribution is 0.569. The van der Waals surface area contributed by atoms with E-state index in [0.717, 1.165) is 33.5 Å². The number of fused-ring (bicyclic) bond motifs is 11. The normalized spacial score (nSPS) is 13.1. The summed E-state index contributed by atoms with van der Waals surface area (Å²) in [5.41, 5.74) is 29.7. The zero-order chi connectivity index (χ0) is 61.2. The van der Waals surface area contributed by atoms with Gasteiger partial charge in [-0.2, -0.15) is 0 Å². The lowest BCUT2D eigenvalue weighted by atomic mass is 9.34. The molecule has 3 aromatic heterocycles. The van der Waals surface area contributed by atoms with Gasteiger partial charge in [-0.3, -0.25) is 0 Å². The van der Waals surface area contributed by atoms with Crippen LogP contribution in [0, 0.1) is 0 Å². The van der Waals surface area contributed by atoms with Gasteiger partial charge in [-0.25, -0.2) is 9.97 Å². The third-order valence-electron chi connectivity index (χ3n) is 19.5. The predicted molar refractivity (Wildman–Crippen MR) is 380 cm³/mol. The van der Waals surface area contributed by atoms with Crippen LogP contribution in [0.1, 0.15) is 105 Å². The monoisotopic (exact) mass is 1150 g/mol. The van der Waals surface area contributed by atoms with E-state index in [1.54, 1.807) is 0 Å². The van der Waals surface area contributed by atoms with Gasteiger partial charge in [0.25, 0.3) is 6.71 Å². The minimum atomic E-state index is -0.147. The fourth-order valence-electron chi connectivity index (χ4n) is 14.5. The number of benzene rings is 11. The smallest absolute Gasteiger partial charge is 0.252 e. The van der Waals surface area contributed by atoms with Crippen molar-refractivity contribution in [2.24, 2.45) is 0 Å². The number of hydrogen-bond donors (Lipinski definition) is 0. The zero-order valence-corrected chi connectivity index (χ0v) is 53.2. The van der Waals surface area contributed by atoms with Crippen LogP contribution < -0.4 is 16.4 Å². The van der Waals surface area contributed by atoms with Crippen molar-refractivity contribution in [3.05, 3.63) is 247 Å². The van der Waals surface area contributed by atoms with Gasteiger partial charge in [-0.05, 0) is 172 Å². The van der Waals surface area contributed by atoms with Crippen LogP contribution in [0.3, 0.4) is 0 Å². The molecule has 0 saturated heterocycles. The molecule has 432 valence electrons. The SMILES string of the molecule is CC(C)(C)c1ccc(-c2cc3c4c(c2)c2cc(-c5ccccc5)ccc2n4-c2cc(-c4nc(-c5cc(C(C)(C)C)cc(C(C)(C)C)c5)nc5ccccc45)cc4c2B3c2cc(-c3ccc(C(C)(C)C)cc3)cc3c5cc(-c6ccccc6)ccc5n-4c23)cc1. The van der Waals surface area contributed by atoms with Gasteiger partial charge in [0.1, 0.15) is 0 Å². The van der Waals surface area contributed by atoms with Gasteiger partial charge in [0.05, 0.1) is 22.2 Å². The molecule has 0 bridgehead atoms. The summed E-state index contributed by atoms with van der Waals surface area (Å²) in [7, 11) is 0. The summed E-state index contributed by atoms with van der Waals surface area (Å²) in [6.07, 6.45) is 0. The van der Waals surface area contributed by atoms with Crippen molar-refractivity contribution in [2.75, 3.05) is 0 Å². The molecule has 0 N–H and O–H groups in total. The van der Waals surface area contributed by atoms with Crippen molar-refractivity contribution in [3.8, 4) is 78.5 Å². The number of rotatable bonds is 6. The molecule has 2 aliphatic heterocycles. The summed E-state index contributed by atoms with van der Waals surface area (Å²) in [4.78, 5) is 11.3. The van der Waals surface area contributed by atoms with E-state index in [-0.39, 0.29) is 28.4 Å². The Morgan fingerprint density at radius 3 is 1.15 bits per heavy atom. The summed E-state index contributed by atoms with van der Waals surface area (Å²) in [5.74, 6) is 0.728. The number of hydrogen-bond acceptors (Lipinski definition) is 2. The van der Waals surface area contributed by atoms with E-state index < -0.39 is 0 Å². The average Bonchev–Trinajstić information content (AvgIpc) is 1.57. The molecule has 14 aromatic rings. The summed E-state index contributed by atoms with van der Waals surface area (Å²) < 4.78 is 5.26. The molecule has 0 spiro atoms. The third kappa shape index (κ3) is 8.86. The second-order valence-corrected chi connectivity index (χ2v) is 29.5. The van der Waals surface area contributed by atoms with Crippen LogP contribution in [0.25, 0.3) is 133 Å². The molecule has 0 unspecified atom stereocenters. The largest absolute Gasteiger partial charge is 0.310 e. The van der Waals surface area contributed by atoms with Crippen molar-refractivity contribution < 1.29 is 0 Å². The van der Waals surface area contributed by atoms with Gasteiger partial charge < -0.3 is 9.13 Å².